The summed E-state index contributed by atoms with van der Waals surface area (Å²) in [5.41, 5.74) is 0.753. The quantitative estimate of drug-likeness (QED) is 0.396. The maximum atomic E-state index is 2.38. The molecule has 0 saturated heterocycles. The summed E-state index contributed by atoms with van der Waals surface area (Å²) in [6.45, 7) is 20.5. The molecule has 0 N–H and O–H groups in total. The van der Waals surface area contributed by atoms with Crippen molar-refractivity contribution in [2.45, 2.75) is 62.3 Å². The summed E-state index contributed by atoms with van der Waals surface area (Å²) in [5, 5.41) is 0. The topological polar surface area (TPSA) is 0 Å². The summed E-state index contributed by atoms with van der Waals surface area (Å²) >= 11 is 0. The van der Waals surface area contributed by atoms with E-state index in [-0.39, 0.29) is 52.0 Å². The molecule has 0 heterocycles. The average molecular weight is 309 g/mol. The van der Waals surface area contributed by atoms with Gasteiger partial charge in [0.2, 0.25) is 0 Å². The molecule has 0 unspecified atom stereocenters. The van der Waals surface area contributed by atoms with Gasteiger partial charge in [-0.25, -0.2) is 0 Å². The Labute approximate surface area is 137 Å². The Morgan fingerprint density at radius 2 is 1.12 bits per heavy atom. The molecule has 0 fully saturated rings. The van der Waals surface area contributed by atoms with Crippen molar-refractivity contribution in [3.63, 3.8) is 0 Å². The van der Waals surface area contributed by atoms with Crippen molar-refractivity contribution in [3.05, 3.63) is 18.1 Å². The van der Waals surface area contributed by atoms with Crippen LogP contribution in [-0.4, -0.2) is 8.41 Å². The van der Waals surface area contributed by atoms with E-state index in [1.165, 1.54) is 5.92 Å². The molecule has 0 aromatic rings. The van der Waals surface area contributed by atoms with Crippen LogP contribution in [0.25, 0.3) is 0 Å². The number of hydrogen-bond donors (Lipinski definition) is 0. The van der Waals surface area contributed by atoms with Crippen molar-refractivity contribution in [1.29, 1.82) is 0 Å². The molecule has 17 heavy (non-hydrogen) atoms. The van der Waals surface area contributed by atoms with Gasteiger partial charge >= 0.3 is 0 Å². The monoisotopic (exact) mass is 309 g/mol. The van der Waals surface area contributed by atoms with Crippen molar-refractivity contribution in [2.75, 3.05) is 0 Å². The van der Waals surface area contributed by atoms with E-state index >= 15 is 0 Å². The van der Waals surface area contributed by atoms with Gasteiger partial charge in [-0.2, -0.15) is 13.8 Å². The molecule has 0 aliphatic rings. The van der Waals surface area contributed by atoms with Gasteiger partial charge in [-0.15, -0.1) is 11.5 Å². The van der Waals surface area contributed by atoms with Crippen LogP contribution in [-0.2, 0) is 32.7 Å². The summed E-state index contributed by atoms with van der Waals surface area (Å²) < 4.78 is 0. The van der Waals surface area contributed by atoms with Crippen LogP contribution in [0.1, 0.15) is 62.3 Å². The second-order valence-electron chi connectivity index (χ2n) is 7.03. The first-order valence-corrected chi connectivity index (χ1v) is 5.91. The van der Waals surface area contributed by atoms with Crippen LogP contribution in [0.3, 0.4) is 0 Å². The van der Waals surface area contributed by atoms with Crippen LogP contribution >= 0.6 is 0 Å². The zero-order valence-electron chi connectivity index (χ0n) is 13.3. The number of rotatable bonds is 3. The fraction of sp³-hybridized carbons (Fsp3) is 0.800. The maximum Gasteiger partial charge on any atom is 0 e. The molecule has 0 rings (SSSR count). The van der Waals surface area contributed by atoms with Gasteiger partial charge in [-0.05, 0) is 10.8 Å². The summed E-state index contributed by atoms with van der Waals surface area (Å²) in [4.78, 5) is 0. The van der Waals surface area contributed by atoms with E-state index in [0.717, 1.165) is 0 Å². The van der Waals surface area contributed by atoms with Gasteiger partial charge in [0.15, 0.2) is 0 Å². The van der Waals surface area contributed by atoms with Crippen LogP contribution < -0.4 is 0 Å². The minimum atomic E-state index is 0. The summed E-state index contributed by atoms with van der Waals surface area (Å²) in [7, 11) is 0. The summed E-state index contributed by atoms with van der Waals surface area (Å²) in [6, 6.07) is 0. The molecule has 0 aliphatic carbocycles. The zero-order valence-corrected chi connectivity index (χ0v) is 16.1. The van der Waals surface area contributed by atoms with E-state index in [1.807, 2.05) is 0 Å². The summed E-state index contributed by atoms with van der Waals surface area (Å²) in [5.74, 6) is 1.46. The van der Waals surface area contributed by atoms with E-state index in [2.05, 4.69) is 74.5 Å². The largest absolute Gasteiger partial charge is 0.310 e. The van der Waals surface area contributed by atoms with Gasteiger partial charge in [0.1, 0.15) is 0 Å². The molecule has 96 valence electrons. The molecule has 0 aliphatic heterocycles. The summed E-state index contributed by atoms with van der Waals surface area (Å²) in [6.07, 6.45) is 4.73. The predicted molar refractivity (Wildman–Crippen MR) is 76.5 cm³/mol. The molecule has 0 saturated carbocycles. The van der Waals surface area contributed by atoms with Crippen LogP contribution in [0, 0.1) is 22.2 Å². The van der Waals surface area contributed by atoms with Gasteiger partial charge < -0.3 is 5.92 Å². The molecule has 0 bridgehead atoms. The van der Waals surface area contributed by atoms with Crippen LogP contribution in [0.2, 0.25) is 0 Å². The molecule has 0 aromatic heterocycles. The van der Waals surface area contributed by atoms with E-state index in [0.29, 0.717) is 5.41 Å². The molecule has 0 aromatic carbocycles. The molecule has 0 amide bonds. The maximum absolute atomic E-state index is 2.38. The average Bonchev–Trinajstić information content (AvgIpc) is 1.99. The number of allylic oxidation sites excluding steroid dienone is 2. The van der Waals surface area contributed by atoms with Crippen molar-refractivity contribution in [2.24, 2.45) is 16.2 Å². The van der Waals surface area contributed by atoms with Crippen LogP contribution in [0.5, 0.6) is 0 Å². The third-order valence-electron chi connectivity index (χ3n) is 4.14. The predicted octanol–water partition coefficient (Wildman–Crippen LogP) is 4.87. The van der Waals surface area contributed by atoms with Crippen molar-refractivity contribution in [1.82, 2.24) is 0 Å². The standard InChI is InChI=1S/C15H29.B.Y/c1-12(2)14(6,7)10-11-15(8,9)13(3,4)5;;/h10-11H,1-9H3;;/q-1;;/b11-10-;;. The Morgan fingerprint density at radius 1 is 0.765 bits per heavy atom. The third kappa shape index (κ3) is 7.16. The normalized spacial score (nSPS) is 13.5. The molecule has 0 atom stereocenters. The van der Waals surface area contributed by atoms with Crippen molar-refractivity contribution < 1.29 is 32.7 Å². The molecular weight excluding hydrogens is 280 g/mol. The Hall–Kier alpha value is 0.909. The second kappa shape index (κ2) is 7.49. The number of hydrogen-bond acceptors (Lipinski definition) is 0. The Kier molecular flexibility index (Phi) is 10.1. The molecule has 0 nitrogen and oxygen atoms in total. The fourth-order valence-electron chi connectivity index (χ4n) is 0.833. The van der Waals surface area contributed by atoms with Crippen LogP contribution in [0.4, 0.5) is 0 Å². The van der Waals surface area contributed by atoms with Gasteiger partial charge in [0, 0.05) is 41.1 Å². The first kappa shape index (κ1) is 23.0. The van der Waals surface area contributed by atoms with Crippen LogP contribution in [0.15, 0.2) is 12.2 Å². The van der Waals surface area contributed by atoms with E-state index < -0.39 is 0 Å². The fourth-order valence-corrected chi connectivity index (χ4v) is 0.833. The Morgan fingerprint density at radius 3 is 1.35 bits per heavy atom. The SMILES string of the molecule is C[C-](C)C(C)(C)/C=C\C(C)(C)C(C)(C)C.[B].[Y]. The minimum Gasteiger partial charge on any atom is -0.310 e. The first-order chi connectivity index (χ1) is 6.40. The molecular formula is C15H29BY-. The van der Waals surface area contributed by atoms with Gasteiger partial charge in [0.05, 0.1) is 0 Å². The molecule has 0 spiro atoms. The van der Waals surface area contributed by atoms with Crippen molar-refractivity contribution >= 4 is 8.41 Å². The van der Waals surface area contributed by atoms with E-state index in [9.17, 15) is 0 Å². The minimum absolute atomic E-state index is 0. The van der Waals surface area contributed by atoms with Gasteiger partial charge in [0.25, 0.3) is 0 Å². The van der Waals surface area contributed by atoms with E-state index in [4.69, 9.17) is 0 Å². The Bertz CT molecular complexity index is 232. The van der Waals surface area contributed by atoms with Crippen molar-refractivity contribution in [3.8, 4) is 0 Å². The molecule has 4 radical (unpaired) electrons. The first-order valence-electron chi connectivity index (χ1n) is 5.91. The third-order valence-corrected chi connectivity index (χ3v) is 4.14. The smallest absolute Gasteiger partial charge is 0 e. The van der Waals surface area contributed by atoms with Gasteiger partial charge in [-0.1, -0.05) is 54.5 Å². The van der Waals surface area contributed by atoms with Gasteiger partial charge in [-0.3, -0.25) is 0 Å². The second-order valence-corrected chi connectivity index (χ2v) is 7.03. The Balaban J connectivity index is -0.000000980. The molecule has 2 heteroatoms. The zero-order chi connectivity index (χ0) is 12.5. The van der Waals surface area contributed by atoms with E-state index in [1.54, 1.807) is 0 Å².